The van der Waals surface area contributed by atoms with E-state index in [4.69, 9.17) is 44.6 Å². The quantitative estimate of drug-likeness (QED) is 0.0328. The van der Waals surface area contributed by atoms with Gasteiger partial charge in [-0.1, -0.05) is 0 Å². The molecule has 0 radical (unpaired) electrons. The molecule has 1 heterocycles. The molecule has 0 aliphatic carbocycles. The van der Waals surface area contributed by atoms with Gasteiger partial charge >= 0.3 is 46.7 Å². The predicted molar refractivity (Wildman–Crippen MR) is 144 cm³/mol. The number of rotatable bonds is 31. The van der Waals surface area contributed by atoms with E-state index in [0.29, 0.717) is 12.8 Å². The normalized spacial score (nSPS) is 20.9. The number of halogens is 1. The van der Waals surface area contributed by atoms with Gasteiger partial charge in [-0.15, -0.1) is 14.0 Å². The minimum atomic E-state index is -4.98. The molecule has 6 unspecified atom stereocenters. The number of nitrogens with one attached hydrogen (secondary N) is 1. The van der Waals surface area contributed by atoms with Crippen LogP contribution in [0.4, 0.5) is 0 Å². The van der Waals surface area contributed by atoms with E-state index in [1.807, 2.05) is 0 Å². The maximum Gasteiger partial charge on any atom is 0.488 e. The van der Waals surface area contributed by atoms with Crippen LogP contribution in [0.25, 0.3) is 0 Å². The molecule has 0 aromatic carbocycles. The monoisotopic (exact) mass is 1120 g/mol. The zero-order valence-corrected chi connectivity index (χ0v) is 37.8. The van der Waals surface area contributed by atoms with Crippen LogP contribution in [-0.4, -0.2) is 99.0 Å². The van der Waals surface area contributed by atoms with Gasteiger partial charge in [-0.2, -0.15) is 0 Å². The Morgan fingerprint density at radius 2 is 1.63 bits per heavy atom. The molecule has 46 heavy (non-hydrogen) atoms. The second-order valence-electron chi connectivity index (χ2n) is 9.20. The van der Waals surface area contributed by atoms with Crippen molar-refractivity contribution in [2.75, 3.05) is 86.8 Å². The van der Waals surface area contributed by atoms with E-state index in [1.165, 1.54) is 20.8 Å². The Labute approximate surface area is 276 Å². The molecule has 1 rings (SSSR count). The van der Waals surface area contributed by atoms with E-state index in [2.05, 4.69) is 9.61 Å². The summed E-state index contributed by atoms with van der Waals surface area (Å²) in [5.41, 5.74) is -1.21. The molecule has 0 saturated carbocycles. The summed E-state index contributed by atoms with van der Waals surface area (Å²) in [6.45, 7) is 0.617. The van der Waals surface area contributed by atoms with Crippen molar-refractivity contribution in [2.24, 2.45) is 5.41 Å². The molecule has 1 fully saturated rings. The first-order valence-corrected chi connectivity index (χ1v) is 20.1. The van der Waals surface area contributed by atoms with Crippen LogP contribution in [0.2, 0.25) is 0 Å². The summed E-state index contributed by atoms with van der Waals surface area (Å²) < 4.78 is 114. The first-order chi connectivity index (χ1) is 21.5. The van der Waals surface area contributed by atoms with Crippen molar-refractivity contribution in [3.63, 3.8) is 0 Å². The Morgan fingerprint density at radius 1 is 1.02 bits per heavy atom. The average molecular weight is 1120 g/mol. The van der Waals surface area contributed by atoms with Crippen LogP contribution in [0.15, 0.2) is 0 Å². The second kappa shape index (κ2) is 26.6. The third kappa shape index (κ3) is 21.0. The molecule has 6 atom stereocenters. The van der Waals surface area contributed by atoms with E-state index in [9.17, 15) is 31.5 Å². The van der Waals surface area contributed by atoms with Gasteiger partial charge in [-0.25, -0.2) is 20.8 Å². The fraction of sp³-hybridized carbons (Fsp3) is 0.952. The molecule has 1 aliphatic heterocycles. The number of hydrogen-bond acceptors (Lipinski definition) is 18. The largest absolute Gasteiger partial charge is 0.756 e. The molecule has 268 valence electrons. The van der Waals surface area contributed by atoms with Gasteiger partial charge < -0.3 is 45.7 Å². The van der Waals surface area contributed by atoms with Crippen LogP contribution in [0.1, 0.15) is 25.7 Å². The predicted octanol–water partition coefficient (Wildman–Crippen LogP) is -2.44. The molecular formula is C21H40BhINO18P4-2. The summed E-state index contributed by atoms with van der Waals surface area (Å²) in [6.07, 6.45) is -0.571. The Bertz CT molecular complexity index is 911. The van der Waals surface area contributed by atoms with Crippen molar-refractivity contribution in [3.05, 3.63) is 6.61 Å². The van der Waals surface area contributed by atoms with Crippen molar-refractivity contribution in [2.45, 2.75) is 37.9 Å². The van der Waals surface area contributed by atoms with Gasteiger partial charge in [0.15, 0.2) is 0 Å². The van der Waals surface area contributed by atoms with Gasteiger partial charge in [0.1, 0.15) is 13.2 Å². The number of ether oxygens (including phenoxy) is 4. The van der Waals surface area contributed by atoms with Crippen molar-refractivity contribution < 1.29 is 103 Å². The second-order valence-corrected chi connectivity index (χ2v) is 14.7. The third-order valence-electron chi connectivity index (χ3n) is 5.71. The molecule has 19 nitrogen and oxygen atoms in total. The summed E-state index contributed by atoms with van der Waals surface area (Å²) in [6, 6.07) is 0. The SMILES string of the molecule is CNP(=O)(OC)OC1C[CH-]OC1COP(=O)([O-])OCC(COCCCOP=O)(COCCCO[I+][O-])COCCCO[P+](=O)[O-].[Bh]. The van der Waals surface area contributed by atoms with Crippen molar-refractivity contribution in [3.8, 4) is 0 Å². The standard InChI is InChI=1S/C21H41INO18P4.Bh/c1-23-44(28,31-2)41-19-6-13-35-20(19)14-39-45(29,30)40-18-21(15-32-7-3-10-36-22-24,16-33-8-4-11-37-42-25)17-34-9-5-12-38-43(26)27;/h13,19-20H,3-12,14-18H2,1-2H3,(H,23,28)(H,29,30);/q-1;/p-1. The van der Waals surface area contributed by atoms with Gasteiger partial charge in [0.05, 0.1) is 57.3 Å². The molecule has 0 bridgehead atoms. The maximum absolute atomic E-state index is 12.8. The van der Waals surface area contributed by atoms with E-state index < -0.39 is 85.4 Å². The molecule has 1 aliphatic rings. The van der Waals surface area contributed by atoms with Crippen LogP contribution in [-0.2, 0) is 67.4 Å². The molecule has 1 saturated heterocycles. The zero-order valence-electron chi connectivity index (χ0n) is 25.6. The fourth-order valence-electron chi connectivity index (χ4n) is 3.48. The molecule has 0 aromatic heterocycles. The van der Waals surface area contributed by atoms with E-state index >= 15 is 0 Å². The van der Waals surface area contributed by atoms with Crippen LogP contribution in [0.3, 0.4) is 0 Å². The van der Waals surface area contributed by atoms with Gasteiger partial charge in [-0.05, 0) is 30.9 Å². The van der Waals surface area contributed by atoms with Crippen LogP contribution < -0.4 is 40.3 Å². The molecule has 1 N–H and O–H groups in total. The smallest absolute Gasteiger partial charge is 0.488 e. The fourth-order valence-corrected chi connectivity index (χ4v) is 6.24. The molecule has 0 aromatic rings. The topological polar surface area (TPSA) is 251 Å². The molecular weight excluding hydrogens is 1080 g/mol. The van der Waals surface area contributed by atoms with E-state index in [-0.39, 0.29) is 72.3 Å². The Kier molecular flexibility index (Phi) is 26.5. The Morgan fingerprint density at radius 3 is 2.17 bits per heavy atom. The third-order valence-corrected chi connectivity index (χ3v) is 9.58. The summed E-state index contributed by atoms with van der Waals surface area (Å²) in [4.78, 5) is 23.4. The Balaban J connectivity index is 0.0000202. The van der Waals surface area contributed by atoms with Crippen LogP contribution >= 0.6 is 32.5 Å². The van der Waals surface area contributed by atoms with Gasteiger partial charge in [0, 0.05) is 26.9 Å². The van der Waals surface area contributed by atoms with Crippen molar-refractivity contribution >= 4 is 32.5 Å². The minimum absolute atomic E-state index is 0. The van der Waals surface area contributed by atoms with Gasteiger partial charge in [0.25, 0.3) is 7.82 Å². The zero-order chi connectivity index (χ0) is 33.4. The molecule has 0 spiro atoms. The van der Waals surface area contributed by atoms with Gasteiger partial charge in [0.2, 0.25) is 0 Å². The minimum Gasteiger partial charge on any atom is -0.756 e. The van der Waals surface area contributed by atoms with Gasteiger partial charge in [-0.3, -0.25) is 13.6 Å². The van der Waals surface area contributed by atoms with E-state index in [1.54, 1.807) is 0 Å². The van der Waals surface area contributed by atoms with Crippen molar-refractivity contribution in [1.82, 2.24) is 5.09 Å². The summed E-state index contributed by atoms with van der Waals surface area (Å²) in [5.74, 6) is 0. The first-order valence-electron chi connectivity index (χ1n) is 13.5. The molecule has 25 heteroatoms. The summed E-state index contributed by atoms with van der Waals surface area (Å²) >= 11 is -1.58. The maximum atomic E-state index is 12.8. The summed E-state index contributed by atoms with van der Waals surface area (Å²) in [5, 5.41) is 2.43. The number of phosphoric acid groups is 1. The molecule has 0 amide bonds. The Hall–Kier alpha value is -0.210. The van der Waals surface area contributed by atoms with Crippen molar-refractivity contribution in [1.29, 1.82) is 0 Å². The average Bonchev–Trinajstić information content (AvgIpc) is 3.46. The first kappa shape index (κ1) is 45.8. The van der Waals surface area contributed by atoms with Crippen LogP contribution in [0, 0.1) is 12.0 Å². The number of phosphoric ester groups is 1. The van der Waals surface area contributed by atoms with E-state index in [0.717, 1.165) is 0 Å². The van der Waals surface area contributed by atoms with Crippen LogP contribution in [0.5, 0.6) is 0 Å². The number of hydrogen-bond donors (Lipinski definition) is 1. The summed E-state index contributed by atoms with van der Waals surface area (Å²) in [7, 11) is -9.53.